The predicted octanol–water partition coefficient (Wildman–Crippen LogP) is 4.19. The Morgan fingerprint density at radius 2 is 2.00 bits per heavy atom. The van der Waals surface area contributed by atoms with E-state index >= 15 is 0 Å². The van der Waals surface area contributed by atoms with Crippen LogP contribution in [-0.4, -0.2) is 31.3 Å². The number of carboxylic acids is 1. The molecular weight excluding hydrogens is 278 g/mol. The first-order chi connectivity index (χ1) is 10.6. The van der Waals surface area contributed by atoms with Gasteiger partial charge in [-0.1, -0.05) is 45.6 Å². The SMILES string of the molecule is CCCCCCCN(CC(C)C(=O)O)c1cccc(OC)c1. The van der Waals surface area contributed by atoms with Crippen LogP contribution < -0.4 is 9.64 Å². The van der Waals surface area contributed by atoms with E-state index in [0.29, 0.717) is 6.54 Å². The summed E-state index contributed by atoms with van der Waals surface area (Å²) in [6.07, 6.45) is 6.02. The van der Waals surface area contributed by atoms with Gasteiger partial charge in [0.2, 0.25) is 0 Å². The van der Waals surface area contributed by atoms with Gasteiger partial charge in [0.15, 0.2) is 0 Å². The zero-order valence-corrected chi connectivity index (χ0v) is 14.0. The molecule has 0 amide bonds. The lowest BCUT2D eigenvalue weighted by molar-refractivity contribution is -0.140. The van der Waals surface area contributed by atoms with Crippen molar-refractivity contribution in [1.82, 2.24) is 0 Å². The lowest BCUT2D eigenvalue weighted by Gasteiger charge is -2.27. The summed E-state index contributed by atoms with van der Waals surface area (Å²) >= 11 is 0. The Kier molecular flexibility index (Phi) is 8.41. The van der Waals surface area contributed by atoms with Crippen LogP contribution in [0.5, 0.6) is 5.75 Å². The van der Waals surface area contributed by atoms with Crippen LogP contribution in [-0.2, 0) is 4.79 Å². The molecule has 0 aliphatic rings. The Morgan fingerprint density at radius 1 is 1.27 bits per heavy atom. The number of hydrogen-bond acceptors (Lipinski definition) is 3. The van der Waals surface area contributed by atoms with Crippen LogP contribution in [0.25, 0.3) is 0 Å². The van der Waals surface area contributed by atoms with Crippen LogP contribution >= 0.6 is 0 Å². The van der Waals surface area contributed by atoms with Crippen molar-refractivity contribution in [2.75, 3.05) is 25.1 Å². The van der Waals surface area contributed by atoms with Gasteiger partial charge in [-0.25, -0.2) is 0 Å². The van der Waals surface area contributed by atoms with Crippen LogP contribution in [0.2, 0.25) is 0 Å². The molecule has 0 bridgehead atoms. The molecule has 0 saturated carbocycles. The fourth-order valence-corrected chi connectivity index (χ4v) is 2.45. The van der Waals surface area contributed by atoms with Gasteiger partial charge < -0.3 is 14.7 Å². The van der Waals surface area contributed by atoms with Gasteiger partial charge in [0.25, 0.3) is 0 Å². The second-order valence-corrected chi connectivity index (χ2v) is 5.80. The quantitative estimate of drug-likeness (QED) is 0.623. The lowest BCUT2D eigenvalue weighted by atomic mass is 10.1. The fourth-order valence-electron chi connectivity index (χ4n) is 2.45. The monoisotopic (exact) mass is 307 g/mol. The third-order valence-electron chi connectivity index (χ3n) is 3.87. The summed E-state index contributed by atoms with van der Waals surface area (Å²) in [5.74, 6) is -0.336. The molecule has 0 saturated heterocycles. The Balaban J connectivity index is 2.69. The minimum absolute atomic E-state index is 0.387. The lowest BCUT2D eigenvalue weighted by Crippen LogP contribution is -2.32. The van der Waals surface area contributed by atoms with E-state index in [0.717, 1.165) is 24.4 Å². The zero-order chi connectivity index (χ0) is 16.4. The highest BCUT2D eigenvalue weighted by Crippen LogP contribution is 2.22. The summed E-state index contributed by atoms with van der Waals surface area (Å²) < 4.78 is 5.27. The molecule has 0 radical (unpaired) electrons. The van der Waals surface area contributed by atoms with E-state index in [1.807, 2.05) is 24.3 Å². The van der Waals surface area contributed by atoms with Crippen LogP contribution in [0, 0.1) is 5.92 Å². The predicted molar refractivity (Wildman–Crippen MR) is 90.8 cm³/mol. The van der Waals surface area contributed by atoms with E-state index in [-0.39, 0.29) is 5.92 Å². The maximum Gasteiger partial charge on any atom is 0.308 e. The minimum atomic E-state index is -0.751. The van der Waals surface area contributed by atoms with Crippen LogP contribution in [0.3, 0.4) is 0 Å². The summed E-state index contributed by atoms with van der Waals surface area (Å²) in [6.45, 7) is 5.37. The number of methoxy groups -OCH3 is 1. The number of aliphatic carboxylic acids is 1. The maximum atomic E-state index is 11.2. The Bertz CT molecular complexity index is 448. The number of carbonyl (C=O) groups is 1. The molecule has 0 aliphatic carbocycles. The van der Waals surface area contributed by atoms with Crippen molar-refractivity contribution in [2.45, 2.75) is 46.0 Å². The maximum absolute atomic E-state index is 11.2. The number of ether oxygens (including phenoxy) is 1. The molecule has 1 N–H and O–H groups in total. The van der Waals surface area contributed by atoms with Gasteiger partial charge >= 0.3 is 5.97 Å². The highest BCUT2D eigenvalue weighted by atomic mass is 16.5. The Labute approximate surface area is 134 Å². The molecule has 124 valence electrons. The van der Waals surface area contributed by atoms with E-state index in [2.05, 4.69) is 11.8 Å². The summed E-state index contributed by atoms with van der Waals surface area (Å²) in [5, 5.41) is 9.17. The van der Waals surface area contributed by atoms with E-state index in [1.165, 1.54) is 25.7 Å². The third-order valence-corrected chi connectivity index (χ3v) is 3.87. The number of unbranched alkanes of at least 4 members (excludes halogenated alkanes) is 4. The van der Waals surface area contributed by atoms with Gasteiger partial charge in [0, 0.05) is 24.8 Å². The van der Waals surface area contributed by atoms with E-state index in [4.69, 9.17) is 9.84 Å². The third kappa shape index (κ3) is 6.37. The molecule has 1 unspecified atom stereocenters. The highest BCUT2D eigenvalue weighted by Gasteiger charge is 2.16. The second kappa shape index (κ2) is 10.1. The first kappa shape index (κ1) is 18.3. The van der Waals surface area contributed by atoms with E-state index in [9.17, 15) is 4.79 Å². The van der Waals surface area contributed by atoms with Gasteiger partial charge in [-0.2, -0.15) is 0 Å². The molecule has 0 aliphatic heterocycles. The van der Waals surface area contributed by atoms with Crippen molar-refractivity contribution in [3.8, 4) is 5.75 Å². The number of hydrogen-bond donors (Lipinski definition) is 1. The summed E-state index contributed by atoms with van der Waals surface area (Å²) in [4.78, 5) is 13.3. The molecular formula is C18H29NO3. The molecule has 0 fully saturated rings. The number of rotatable bonds is 11. The average molecular weight is 307 g/mol. The van der Waals surface area contributed by atoms with Gasteiger partial charge in [-0.3, -0.25) is 4.79 Å². The standard InChI is InChI=1S/C18H29NO3/c1-4-5-6-7-8-12-19(14-15(2)18(20)21)16-10-9-11-17(13-16)22-3/h9-11,13,15H,4-8,12,14H2,1-3H3,(H,20,21). The molecule has 0 heterocycles. The first-order valence-electron chi connectivity index (χ1n) is 8.20. The van der Waals surface area contributed by atoms with E-state index in [1.54, 1.807) is 14.0 Å². The largest absolute Gasteiger partial charge is 0.497 e. The van der Waals surface area contributed by atoms with E-state index < -0.39 is 5.97 Å². The van der Waals surface area contributed by atoms with Crippen LogP contribution in [0.1, 0.15) is 46.0 Å². The van der Waals surface area contributed by atoms with Crippen molar-refractivity contribution < 1.29 is 14.6 Å². The van der Waals surface area contributed by atoms with Gasteiger partial charge in [-0.05, 0) is 18.6 Å². The smallest absolute Gasteiger partial charge is 0.308 e. The van der Waals surface area contributed by atoms with Crippen LogP contribution in [0.15, 0.2) is 24.3 Å². The number of carboxylic acid groups (broad SMARTS) is 1. The topological polar surface area (TPSA) is 49.8 Å². The summed E-state index contributed by atoms with van der Waals surface area (Å²) in [7, 11) is 1.65. The molecule has 1 aromatic rings. The molecule has 22 heavy (non-hydrogen) atoms. The number of nitrogens with zero attached hydrogens (tertiary/aromatic N) is 1. The summed E-state index contributed by atoms with van der Waals surface area (Å²) in [6, 6.07) is 7.84. The molecule has 1 aromatic carbocycles. The molecule has 4 heteroatoms. The second-order valence-electron chi connectivity index (χ2n) is 5.80. The van der Waals surface area contributed by atoms with Crippen molar-refractivity contribution in [3.05, 3.63) is 24.3 Å². The molecule has 1 rings (SSSR count). The summed E-state index contributed by atoms with van der Waals surface area (Å²) in [5.41, 5.74) is 1.03. The molecule has 0 spiro atoms. The minimum Gasteiger partial charge on any atom is -0.497 e. The van der Waals surface area contributed by atoms with Crippen molar-refractivity contribution in [2.24, 2.45) is 5.92 Å². The van der Waals surface area contributed by atoms with Crippen molar-refractivity contribution in [1.29, 1.82) is 0 Å². The van der Waals surface area contributed by atoms with Crippen LogP contribution in [0.4, 0.5) is 5.69 Å². The van der Waals surface area contributed by atoms with Crippen molar-refractivity contribution >= 4 is 11.7 Å². The number of anilines is 1. The van der Waals surface area contributed by atoms with Gasteiger partial charge in [-0.15, -0.1) is 0 Å². The highest BCUT2D eigenvalue weighted by molar-refractivity contribution is 5.70. The molecule has 0 aromatic heterocycles. The fraction of sp³-hybridized carbons (Fsp3) is 0.611. The Morgan fingerprint density at radius 3 is 2.64 bits per heavy atom. The average Bonchev–Trinajstić information content (AvgIpc) is 2.53. The normalized spacial score (nSPS) is 12.0. The molecule has 4 nitrogen and oxygen atoms in total. The molecule has 1 atom stereocenters. The zero-order valence-electron chi connectivity index (χ0n) is 14.0. The van der Waals surface area contributed by atoms with Crippen molar-refractivity contribution in [3.63, 3.8) is 0 Å². The number of benzene rings is 1. The van der Waals surface area contributed by atoms with Gasteiger partial charge in [0.1, 0.15) is 5.75 Å². The Hall–Kier alpha value is -1.71. The van der Waals surface area contributed by atoms with Gasteiger partial charge in [0.05, 0.1) is 13.0 Å². The first-order valence-corrected chi connectivity index (χ1v) is 8.20.